The van der Waals surface area contributed by atoms with E-state index in [2.05, 4.69) is 4.74 Å². The zero-order chi connectivity index (χ0) is 27.8. The fourth-order valence-corrected chi connectivity index (χ4v) is 6.84. The van der Waals surface area contributed by atoms with Crippen molar-refractivity contribution in [2.24, 2.45) is 5.41 Å². The lowest BCUT2D eigenvalue weighted by Crippen LogP contribution is -2.44. The molecule has 0 bridgehead atoms. The van der Waals surface area contributed by atoms with Crippen molar-refractivity contribution in [2.75, 3.05) is 18.1 Å². The van der Waals surface area contributed by atoms with Crippen molar-refractivity contribution < 1.29 is 35.9 Å². The quantitative estimate of drug-likeness (QED) is 0.402. The van der Waals surface area contributed by atoms with Crippen molar-refractivity contribution in [1.29, 1.82) is 0 Å². The van der Waals surface area contributed by atoms with E-state index in [1.165, 1.54) is 18.2 Å². The Morgan fingerprint density at radius 1 is 1.08 bits per heavy atom. The third-order valence-electron chi connectivity index (χ3n) is 6.27. The molecule has 1 amide bonds. The summed E-state index contributed by atoms with van der Waals surface area (Å²) in [4.78, 5) is 14.4. The highest BCUT2D eigenvalue weighted by Gasteiger charge is 2.48. The second kappa shape index (κ2) is 10.5. The molecule has 2 aromatic rings. The van der Waals surface area contributed by atoms with Crippen LogP contribution in [0.5, 0.6) is 5.75 Å². The third kappa shape index (κ3) is 6.07. The molecule has 6 nitrogen and oxygen atoms in total. The van der Waals surface area contributed by atoms with Crippen molar-refractivity contribution >= 4 is 33.0 Å². The first kappa shape index (κ1) is 29.3. The Kier molecular flexibility index (Phi) is 8.27. The van der Waals surface area contributed by atoms with Crippen molar-refractivity contribution in [3.05, 3.63) is 53.1 Å². The molecule has 1 saturated heterocycles. The van der Waals surface area contributed by atoms with Gasteiger partial charge in [0.15, 0.2) is 9.84 Å². The Morgan fingerprint density at radius 3 is 2.22 bits per heavy atom. The number of hydrogen-bond acceptors (Lipinski definition) is 5. The zero-order valence-electron chi connectivity index (χ0n) is 21.4. The number of nitrogens with zero attached hydrogens (tertiary/aromatic N) is 1. The summed E-state index contributed by atoms with van der Waals surface area (Å²) in [5, 5.41) is 0.194. The number of anilines is 1. The molecule has 3 rings (SSSR count). The molecule has 1 aliphatic rings. The molecule has 11 heteroatoms. The van der Waals surface area contributed by atoms with Gasteiger partial charge >= 0.3 is 6.36 Å². The van der Waals surface area contributed by atoms with Gasteiger partial charge in [0.1, 0.15) is 10.5 Å². The van der Waals surface area contributed by atoms with Gasteiger partial charge < -0.3 is 14.4 Å². The van der Waals surface area contributed by atoms with Crippen LogP contribution >= 0.6 is 11.6 Å². The molecule has 1 fully saturated rings. The molecule has 0 radical (unpaired) electrons. The van der Waals surface area contributed by atoms with Crippen LogP contribution in [-0.2, 0) is 24.1 Å². The van der Waals surface area contributed by atoms with Gasteiger partial charge in [-0.25, -0.2) is 8.42 Å². The molecular weight excluding hydrogens is 531 g/mol. The summed E-state index contributed by atoms with van der Waals surface area (Å²) < 4.78 is 74.2. The molecule has 0 saturated carbocycles. The maximum atomic E-state index is 14.0. The molecule has 1 heterocycles. The first-order valence-electron chi connectivity index (χ1n) is 11.8. The SMILES string of the molecule is CC(C)N(C(=O)C(C)(C)C)c1ccc(C2(S(=O)(=O)c3cccc(OC(F)(F)F)c3)CCOCC2)cc1Cl. The standard InChI is InChI=1S/C26H31ClF3NO5S/c1-17(2)31(23(32)24(3,4)5)22-10-9-18(15-21(22)27)25(11-13-35-14-12-25)37(33,34)20-8-6-7-19(16-20)36-26(28,29)30/h6-10,15-17H,11-14H2,1-5H3. The van der Waals surface area contributed by atoms with E-state index in [0.717, 1.165) is 12.1 Å². The van der Waals surface area contributed by atoms with Gasteiger partial charge in [0, 0.05) is 24.7 Å². The first-order valence-corrected chi connectivity index (χ1v) is 13.7. The van der Waals surface area contributed by atoms with Gasteiger partial charge in [0.05, 0.1) is 15.6 Å². The number of halogens is 4. The summed E-state index contributed by atoms with van der Waals surface area (Å²) in [6.45, 7) is 9.38. The van der Waals surface area contributed by atoms with Crippen LogP contribution in [-0.4, -0.2) is 39.9 Å². The van der Waals surface area contributed by atoms with Gasteiger partial charge in [-0.05, 0) is 62.6 Å². The highest BCUT2D eigenvalue weighted by atomic mass is 35.5. The molecule has 1 aliphatic heterocycles. The number of carbonyl (C=O) groups excluding carboxylic acids is 1. The highest BCUT2D eigenvalue weighted by molar-refractivity contribution is 7.92. The van der Waals surface area contributed by atoms with Crippen LogP contribution in [0.3, 0.4) is 0 Å². The number of carbonyl (C=O) groups is 1. The van der Waals surface area contributed by atoms with E-state index in [-0.39, 0.29) is 47.9 Å². The van der Waals surface area contributed by atoms with Crippen LogP contribution in [0.2, 0.25) is 5.02 Å². The number of ether oxygens (including phenoxy) is 2. The molecule has 0 aliphatic carbocycles. The Labute approximate surface area is 220 Å². The van der Waals surface area contributed by atoms with Crippen molar-refractivity contribution in [3.8, 4) is 5.75 Å². The molecule has 0 aromatic heterocycles. The maximum Gasteiger partial charge on any atom is 0.573 e. The van der Waals surface area contributed by atoms with E-state index >= 15 is 0 Å². The molecule has 204 valence electrons. The summed E-state index contributed by atoms with van der Waals surface area (Å²) in [6, 6.07) is 8.92. The van der Waals surface area contributed by atoms with Crippen LogP contribution in [0.1, 0.15) is 53.0 Å². The van der Waals surface area contributed by atoms with Gasteiger partial charge in [0.2, 0.25) is 5.91 Å². The van der Waals surface area contributed by atoms with E-state index in [9.17, 15) is 26.4 Å². The second-order valence-corrected chi connectivity index (χ2v) is 13.0. The lowest BCUT2D eigenvalue weighted by atomic mass is 9.89. The largest absolute Gasteiger partial charge is 0.573 e. The number of hydrogen-bond donors (Lipinski definition) is 0. The van der Waals surface area contributed by atoms with Crippen LogP contribution in [0.25, 0.3) is 0 Å². The lowest BCUT2D eigenvalue weighted by molar-refractivity contribution is -0.274. The van der Waals surface area contributed by atoms with Crippen molar-refractivity contribution in [1.82, 2.24) is 0 Å². The average Bonchev–Trinajstić information content (AvgIpc) is 2.78. The summed E-state index contributed by atoms with van der Waals surface area (Å²) in [5.41, 5.74) is 0.139. The smallest absolute Gasteiger partial charge is 0.406 e. The molecule has 0 unspecified atom stereocenters. The Balaban J connectivity index is 2.12. The minimum Gasteiger partial charge on any atom is -0.406 e. The molecule has 37 heavy (non-hydrogen) atoms. The Morgan fingerprint density at radius 2 is 1.70 bits per heavy atom. The Bertz CT molecular complexity index is 1250. The molecule has 0 spiro atoms. The summed E-state index contributed by atoms with van der Waals surface area (Å²) >= 11 is 6.67. The van der Waals surface area contributed by atoms with E-state index in [1.54, 1.807) is 37.8 Å². The van der Waals surface area contributed by atoms with Gasteiger partial charge in [-0.3, -0.25) is 4.79 Å². The zero-order valence-corrected chi connectivity index (χ0v) is 22.9. The van der Waals surface area contributed by atoms with Gasteiger partial charge in [-0.1, -0.05) is 44.5 Å². The fourth-order valence-electron chi connectivity index (χ4n) is 4.45. The summed E-state index contributed by atoms with van der Waals surface area (Å²) in [5.74, 6) is -0.774. The monoisotopic (exact) mass is 561 g/mol. The van der Waals surface area contributed by atoms with Crippen LogP contribution in [0.4, 0.5) is 18.9 Å². The second-order valence-electron chi connectivity index (χ2n) is 10.3. The van der Waals surface area contributed by atoms with Crippen LogP contribution < -0.4 is 9.64 Å². The topological polar surface area (TPSA) is 72.9 Å². The lowest BCUT2D eigenvalue weighted by Gasteiger charge is -2.38. The fraction of sp³-hybridized carbons (Fsp3) is 0.500. The minimum absolute atomic E-state index is 0.0736. The highest BCUT2D eigenvalue weighted by Crippen LogP contribution is 2.46. The van der Waals surface area contributed by atoms with E-state index in [4.69, 9.17) is 16.3 Å². The van der Waals surface area contributed by atoms with Crippen LogP contribution in [0, 0.1) is 5.41 Å². The molecule has 0 N–H and O–H groups in total. The number of sulfone groups is 1. The average molecular weight is 562 g/mol. The van der Waals surface area contributed by atoms with E-state index in [1.807, 2.05) is 13.8 Å². The molecule has 0 atom stereocenters. The summed E-state index contributed by atoms with van der Waals surface area (Å²) in [7, 11) is -4.23. The summed E-state index contributed by atoms with van der Waals surface area (Å²) in [6.07, 6.45) is -4.82. The Hall–Kier alpha value is -2.30. The van der Waals surface area contributed by atoms with Crippen LogP contribution in [0.15, 0.2) is 47.4 Å². The van der Waals surface area contributed by atoms with Crippen molar-refractivity contribution in [2.45, 2.75) is 69.5 Å². The normalized spacial score (nSPS) is 16.5. The number of benzene rings is 2. The molecule has 2 aromatic carbocycles. The van der Waals surface area contributed by atoms with E-state index < -0.39 is 32.1 Å². The number of rotatable bonds is 6. The first-order chi connectivity index (χ1) is 17.0. The predicted octanol–water partition coefficient (Wildman–Crippen LogP) is 6.51. The maximum absolute atomic E-state index is 14.0. The molecular formula is C26H31ClF3NO5S. The number of amides is 1. The van der Waals surface area contributed by atoms with Gasteiger partial charge in [0.25, 0.3) is 0 Å². The van der Waals surface area contributed by atoms with E-state index in [0.29, 0.717) is 11.3 Å². The number of alkyl halides is 3. The van der Waals surface area contributed by atoms with Gasteiger partial charge in [-0.15, -0.1) is 13.2 Å². The van der Waals surface area contributed by atoms with Crippen molar-refractivity contribution in [3.63, 3.8) is 0 Å². The predicted molar refractivity (Wildman–Crippen MR) is 136 cm³/mol. The van der Waals surface area contributed by atoms with Gasteiger partial charge in [-0.2, -0.15) is 0 Å². The minimum atomic E-state index is -4.96. The third-order valence-corrected chi connectivity index (χ3v) is 9.12.